The monoisotopic (exact) mass is 855 g/mol. The molecule has 1 fully saturated rings. The number of aliphatic hydroxyl groups is 5. The van der Waals surface area contributed by atoms with Crippen molar-refractivity contribution < 1.29 is 58.3 Å². The number of hydrogen-bond acceptors (Lipinski definition) is 11. The molecule has 1 saturated carbocycles. The van der Waals surface area contributed by atoms with Crippen LogP contribution in [0.4, 0.5) is 0 Å². The summed E-state index contributed by atoms with van der Waals surface area (Å²) in [5.74, 6) is -0.506. The van der Waals surface area contributed by atoms with Crippen LogP contribution < -0.4 is 0 Å². The minimum absolute atomic E-state index is 0.108. The van der Waals surface area contributed by atoms with E-state index in [0.29, 0.717) is 13.0 Å². The first kappa shape index (κ1) is 54.8. The number of carbonyl (C=O) groups excluding carboxylic acids is 1. The molecule has 59 heavy (non-hydrogen) atoms. The fraction of sp³-hybridized carbons (Fsp3) is 0.717. The average molecular weight is 855 g/mol. The Morgan fingerprint density at radius 1 is 0.559 bits per heavy atom. The van der Waals surface area contributed by atoms with Gasteiger partial charge < -0.3 is 39.9 Å². The van der Waals surface area contributed by atoms with E-state index < -0.39 is 63.1 Å². The van der Waals surface area contributed by atoms with Crippen LogP contribution in [0.5, 0.6) is 0 Å². The third-order valence-electron chi connectivity index (χ3n) is 9.81. The molecule has 1 aliphatic carbocycles. The van der Waals surface area contributed by atoms with Crippen molar-refractivity contribution in [1.29, 1.82) is 0 Å². The van der Waals surface area contributed by atoms with Crippen LogP contribution in [0.3, 0.4) is 0 Å². The van der Waals surface area contributed by atoms with Gasteiger partial charge in [0.25, 0.3) is 0 Å². The molecule has 0 aromatic rings. The predicted molar refractivity (Wildman–Crippen MR) is 235 cm³/mol. The zero-order valence-electron chi connectivity index (χ0n) is 36.0. The lowest BCUT2D eigenvalue weighted by Gasteiger charge is -2.41. The van der Waals surface area contributed by atoms with Crippen LogP contribution in [0.2, 0.25) is 0 Å². The quantitative estimate of drug-likeness (QED) is 0.0152. The Balaban J connectivity index is 2.46. The number of phosphoric acid groups is 1. The number of allylic oxidation sites excluding steroid dienone is 12. The van der Waals surface area contributed by atoms with Gasteiger partial charge in [-0.2, -0.15) is 0 Å². The van der Waals surface area contributed by atoms with E-state index in [1.807, 2.05) is 0 Å². The molecule has 0 aromatic heterocycles. The molecule has 0 bridgehead atoms. The van der Waals surface area contributed by atoms with Gasteiger partial charge >= 0.3 is 13.8 Å². The fourth-order valence-corrected chi connectivity index (χ4v) is 7.23. The Morgan fingerprint density at radius 2 is 1.00 bits per heavy atom. The highest BCUT2D eigenvalue weighted by Crippen LogP contribution is 2.47. The lowest BCUT2D eigenvalue weighted by atomic mass is 9.85. The van der Waals surface area contributed by atoms with Crippen LogP contribution in [-0.4, -0.2) is 98.9 Å². The standard InChI is InChI=1S/C46H79O12P/c1-3-5-7-9-11-13-15-17-19-21-23-25-27-29-31-33-35-40(47)57-39(38-56-59(53,54)58-46-44(51)42(49)41(48)43(50)45(46)52)37-55-36-34-32-30-28-26-24-22-20-18-16-14-12-10-8-6-4-2/h6,8,12-15,18-21,24,26,39,41-46,48-52H,3-5,7,9-11,16-17,22-23,25,27-38H2,1-2H3,(H,53,54)/b8-6-,14-12-,15-13-,20-18-,21-19-,26-24-. The molecule has 0 aliphatic heterocycles. The number of unbranched alkanes of at least 4 members (excludes halogenated alkanes) is 12. The topological polar surface area (TPSA) is 192 Å². The van der Waals surface area contributed by atoms with Gasteiger partial charge in [0, 0.05) is 13.0 Å². The molecule has 13 heteroatoms. The Labute approximate surface area is 355 Å². The zero-order chi connectivity index (χ0) is 43.4. The first-order chi connectivity index (χ1) is 28.5. The second-order valence-corrected chi connectivity index (χ2v) is 16.6. The second-order valence-electron chi connectivity index (χ2n) is 15.2. The summed E-state index contributed by atoms with van der Waals surface area (Å²) in [5, 5.41) is 50.1. The molecular weight excluding hydrogens is 775 g/mol. The molecule has 6 atom stereocenters. The van der Waals surface area contributed by atoms with Crippen molar-refractivity contribution in [2.75, 3.05) is 19.8 Å². The minimum atomic E-state index is -5.03. The van der Waals surface area contributed by atoms with Crippen molar-refractivity contribution in [2.45, 2.75) is 191 Å². The van der Waals surface area contributed by atoms with Crippen LogP contribution in [0, 0.1) is 0 Å². The molecule has 6 N–H and O–H groups in total. The van der Waals surface area contributed by atoms with Crippen LogP contribution in [-0.2, 0) is 27.9 Å². The first-order valence-electron chi connectivity index (χ1n) is 22.3. The van der Waals surface area contributed by atoms with Crippen molar-refractivity contribution >= 4 is 13.8 Å². The summed E-state index contributed by atoms with van der Waals surface area (Å²) in [5.41, 5.74) is 0. The molecule has 12 nitrogen and oxygen atoms in total. The van der Waals surface area contributed by atoms with Crippen LogP contribution >= 0.6 is 7.82 Å². The number of carbonyl (C=O) groups is 1. The van der Waals surface area contributed by atoms with Crippen molar-refractivity contribution in [2.24, 2.45) is 0 Å². The lowest BCUT2D eigenvalue weighted by Crippen LogP contribution is -2.64. The normalized spacial score (nSPS) is 23.2. The molecule has 0 amide bonds. The van der Waals surface area contributed by atoms with E-state index in [4.69, 9.17) is 18.5 Å². The molecule has 6 unspecified atom stereocenters. The maximum absolute atomic E-state index is 12.8. The maximum Gasteiger partial charge on any atom is 0.472 e. The summed E-state index contributed by atoms with van der Waals surface area (Å²) in [4.78, 5) is 23.1. The number of rotatable bonds is 36. The van der Waals surface area contributed by atoms with Gasteiger partial charge in [0.05, 0.1) is 13.2 Å². The molecule has 0 aromatic carbocycles. The van der Waals surface area contributed by atoms with E-state index in [0.717, 1.165) is 96.3 Å². The summed E-state index contributed by atoms with van der Waals surface area (Å²) >= 11 is 0. The summed E-state index contributed by atoms with van der Waals surface area (Å²) in [6.45, 7) is 4.02. The van der Waals surface area contributed by atoms with E-state index in [2.05, 4.69) is 86.8 Å². The molecule has 0 heterocycles. The molecule has 0 saturated heterocycles. The van der Waals surface area contributed by atoms with Crippen molar-refractivity contribution in [3.8, 4) is 0 Å². The highest BCUT2D eigenvalue weighted by molar-refractivity contribution is 7.47. The fourth-order valence-electron chi connectivity index (χ4n) is 6.26. The highest BCUT2D eigenvalue weighted by Gasteiger charge is 2.51. The van der Waals surface area contributed by atoms with Crippen molar-refractivity contribution in [1.82, 2.24) is 0 Å². The molecule has 340 valence electrons. The third-order valence-corrected chi connectivity index (χ3v) is 10.8. The number of hydrogen-bond donors (Lipinski definition) is 6. The Morgan fingerprint density at radius 3 is 1.53 bits per heavy atom. The number of esters is 1. The third kappa shape index (κ3) is 28.9. The van der Waals surface area contributed by atoms with E-state index in [1.54, 1.807) is 0 Å². The van der Waals surface area contributed by atoms with Crippen molar-refractivity contribution in [3.63, 3.8) is 0 Å². The molecule has 0 spiro atoms. The molecule has 1 rings (SSSR count). The second kappa shape index (κ2) is 36.4. The molecule has 1 aliphatic rings. The lowest BCUT2D eigenvalue weighted by molar-refractivity contribution is -0.220. The van der Waals surface area contributed by atoms with Crippen molar-refractivity contribution in [3.05, 3.63) is 72.9 Å². The Bertz CT molecular complexity index is 1250. The van der Waals surface area contributed by atoms with E-state index >= 15 is 0 Å². The largest absolute Gasteiger partial charge is 0.472 e. The number of ether oxygens (including phenoxy) is 2. The molecule has 0 radical (unpaired) electrons. The van der Waals surface area contributed by atoms with Crippen LogP contribution in [0.25, 0.3) is 0 Å². The van der Waals surface area contributed by atoms with Gasteiger partial charge in [0.2, 0.25) is 0 Å². The summed E-state index contributed by atoms with van der Waals surface area (Å²) < 4.78 is 34.1. The average Bonchev–Trinajstić information content (AvgIpc) is 3.22. The number of aliphatic hydroxyl groups excluding tert-OH is 5. The van der Waals surface area contributed by atoms with E-state index in [-0.39, 0.29) is 13.0 Å². The first-order valence-corrected chi connectivity index (χ1v) is 23.8. The number of phosphoric ester groups is 1. The zero-order valence-corrected chi connectivity index (χ0v) is 36.9. The van der Waals surface area contributed by atoms with Gasteiger partial charge in [-0.05, 0) is 83.5 Å². The van der Waals surface area contributed by atoms with Gasteiger partial charge in [-0.15, -0.1) is 0 Å². The van der Waals surface area contributed by atoms with Gasteiger partial charge in [0.15, 0.2) is 0 Å². The smallest absolute Gasteiger partial charge is 0.457 e. The van der Waals surface area contributed by atoms with Gasteiger partial charge in [0.1, 0.15) is 42.7 Å². The van der Waals surface area contributed by atoms with E-state index in [1.165, 1.54) is 25.7 Å². The van der Waals surface area contributed by atoms with Gasteiger partial charge in [-0.1, -0.05) is 132 Å². The van der Waals surface area contributed by atoms with Gasteiger partial charge in [-0.3, -0.25) is 13.8 Å². The Kier molecular flexibility index (Phi) is 33.8. The Hall–Kier alpha value is -2.22. The predicted octanol–water partition coefficient (Wildman–Crippen LogP) is 8.80. The van der Waals surface area contributed by atoms with Gasteiger partial charge in [-0.25, -0.2) is 4.57 Å². The minimum Gasteiger partial charge on any atom is -0.457 e. The summed E-state index contributed by atoms with van der Waals surface area (Å²) in [6, 6.07) is 0. The van der Waals surface area contributed by atoms with Crippen LogP contribution in [0.15, 0.2) is 72.9 Å². The summed E-state index contributed by atoms with van der Waals surface area (Å²) in [6.07, 6.45) is 34.0. The molecular formula is C46H79O12P. The van der Waals surface area contributed by atoms with E-state index in [9.17, 15) is 39.8 Å². The SMILES string of the molecule is CC/C=C\C/C=C\C/C=C\C/C=C\CCCCCOCC(COP(=O)(O)OC1C(O)C(O)C(O)C(O)C1O)OC(=O)CCCCCCC/C=C\C/C=C\CCCCCC. The summed E-state index contributed by atoms with van der Waals surface area (Å²) in [7, 11) is -5.03. The maximum atomic E-state index is 12.8. The van der Waals surface area contributed by atoms with Crippen LogP contribution in [0.1, 0.15) is 149 Å². The highest BCUT2D eigenvalue weighted by atomic mass is 31.2.